The molecule has 0 amide bonds. The van der Waals surface area contributed by atoms with Crippen molar-refractivity contribution in [1.29, 1.82) is 0 Å². The maximum Gasteiger partial charge on any atom is 0.273 e. The van der Waals surface area contributed by atoms with Crippen LogP contribution in [0.4, 0.5) is 13.2 Å². The molecule has 214 valence electrons. The maximum atomic E-state index is 14.0. The smallest absolute Gasteiger partial charge is 0.273 e. The molecule has 3 unspecified atom stereocenters. The first-order valence-corrected chi connectivity index (χ1v) is 13.7. The van der Waals surface area contributed by atoms with Gasteiger partial charge in [0.25, 0.3) is 5.92 Å². The molecule has 1 aliphatic heterocycles. The molecule has 5 nitrogen and oxygen atoms in total. The Morgan fingerprint density at radius 3 is 2.72 bits per heavy atom. The highest BCUT2D eigenvalue weighted by Crippen LogP contribution is 2.36. The lowest BCUT2D eigenvalue weighted by molar-refractivity contribution is -0.00848. The number of aliphatic hydroxyl groups excluding tert-OH is 1. The third-order valence-electron chi connectivity index (χ3n) is 7.40. The molecule has 1 aromatic carbocycles. The van der Waals surface area contributed by atoms with Gasteiger partial charge in [-0.3, -0.25) is 4.90 Å². The van der Waals surface area contributed by atoms with Gasteiger partial charge in [0.15, 0.2) is 0 Å². The van der Waals surface area contributed by atoms with E-state index in [0.29, 0.717) is 36.1 Å². The van der Waals surface area contributed by atoms with Crippen molar-refractivity contribution in [1.82, 2.24) is 10.2 Å². The van der Waals surface area contributed by atoms with Gasteiger partial charge in [-0.25, -0.2) is 13.2 Å². The molecule has 1 fully saturated rings. The highest BCUT2D eigenvalue weighted by molar-refractivity contribution is 5.72. The molecule has 0 aromatic heterocycles. The number of hydrogen-bond donors (Lipinski definition) is 4. The Morgan fingerprint density at radius 1 is 1.31 bits per heavy atom. The van der Waals surface area contributed by atoms with Gasteiger partial charge in [0, 0.05) is 60.7 Å². The molecule has 0 spiro atoms. The largest absolute Gasteiger partial charge is 0.507 e. The molecule has 1 heterocycles. The van der Waals surface area contributed by atoms with Gasteiger partial charge in [0.2, 0.25) is 0 Å². The number of phenols is 1. The summed E-state index contributed by atoms with van der Waals surface area (Å²) in [6.07, 6.45) is 10.9. The fourth-order valence-electron chi connectivity index (χ4n) is 5.04. The van der Waals surface area contributed by atoms with E-state index in [1.807, 2.05) is 19.1 Å². The van der Waals surface area contributed by atoms with Gasteiger partial charge >= 0.3 is 0 Å². The molecular weight excluding hydrogens is 503 g/mol. The number of benzene rings is 1. The van der Waals surface area contributed by atoms with Crippen LogP contribution < -0.4 is 11.1 Å². The van der Waals surface area contributed by atoms with Crippen LogP contribution in [0.25, 0.3) is 5.70 Å². The second-order valence-corrected chi connectivity index (χ2v) is 10.5. The van der Waals surface area contributed by atoms with Crippen LogP contribution in [0.5, 0.6) is 5.75 Å². The van der Waals surface area contributed by atoms with E-state index in [2.05, 4.69) is 28.9 Å². The van der Waals surface area contributed by atoms with Crippen LogP contribution in [-0.4, -0.2) is 47.0 Å². The summed E-state index contributed by atoms with van der Waals surface area (Å²) in [6, 6.07) is 3.82. The Morgan fingerprint density at radius 2 is 2.08 bits per heavy atom. The highest BCUT2D eigenvalue weighted by atomic mass is 19.3. The van der Waals surface area contributed by atoms with Crippen LogP contribution in [0.2, 0.25) is 0 Å². The van der Waals surface area contributed by atoms with Crippen LogP contribution in [-0.2, 0) is 5.92 Å². The molecule has 0 bridgehead atoms. The monoisotopic (exact) mass is 545 g/mol. The van der Waals surface area contributed by atoms with Crippen LogP contribution >= 0.6 is 0 Å². The van der Waals surface area contributed by atoms with Crippen molar-refractivity contribution in [2.45, 2.75) is 70.6 Å². The summed E-state index contributed by atoms with van der Waals surface area (Å²) in [5.74, 6) is -3.18. The molecule has 3 atom stereocenters. The molecule has 5 N–H and O–H groups in total. The van der Waals surface area contributed by atoms with Gasteiger partial charge in [-0.1, -0.05) is 37.3 Å². The number of nitrogens with one attached hydrogen (secondary N) is 1. The minimum absolute atomic E-state index is 0.112. The Kier molecular flexibility index (Phi) is 10.9. The number of allylic oxidation sites excluding steroid dienone is 4. The molecule has 3 rings (SSSR count). The van der Waals surface area contributed by atoms with Crippen LogP contribution in [0, 0.1) is 5.92 Å². The molecule has 2 aliphatic rings. The first kappa shape index (κ1) is 30.6. The van der Waals surface area contributed by atoms with E-state index < -0.39 is 18.2 Å². The summed E-state index contributed by atoms with van der Waals surface area (Å²) in [5.41, 5.74) is 9.34. The van der Waals surface area contributed by atoms with Crippen molar-refractivity contribution in [2.24, 2.45) is 11.7 Å². The van der Waals surface area contributed by atoms with E-state index in [9.17, 15) is 23.4 Å². The summed E-state index contributed by atoms with van der Waals surface area (Å²) in [4.78, 5) is 2.35. The Bertz CT molecular complexity index is 1120. The maximum absolute atomic E-state index is 14.0. The number of phenolic OH excluding ortho intramolecular Hbond substituents is 1. The summed E-state index contributed by atoms with van der Waals surface area (Å²) in [6.45, 7) is 9.64. The van der Waals surface area contributed by atoms with Crippen molar-refractivity contribution in [3.63, 3.8) is 0 Å². The molecule has 1 saturated carbocycles. The van der Waals surface area contributed by atoms with Crippen molar-refractivity contribution in [3.05, 3.63) is 83.3 Å². The first-order valence-electron chi connectivity index (χ1n) is 13.7. The summed E-state index contributed by atoms with van der Waals surface area (Å²) < 4.78 is 41.6. The second kappa shape index (κ2) is 13.9. The number of halogens is 3. The highest BCUT2D eigenvalue weighted by Gasteiger charge is 2.31. The normalized spacial score (nSPS) is 23.6. The van der Waals surface area contributed by atoms with Gasteiger partial charge < -0.3 is 21.3 Å². The third-order valence-corrected chi connectivity index (χ3v) is 7.40. The zero-order valence-corrected chi connectivity index (χ0v) is 23.0. The Balaban J connectivity index is 1.63. The van der Waals surface area contributed by atoms with Gasteiger partial charge in [-0.2, -0.15) is 0 Å². The van der Waals surface area contributed by atoms with Crippen molar-refractivity contribution in [3.8, 4) is 5.75 Å². The van der Waals surface area contributed by atoms with E-state index in [4.69, 9.17) is 5.73 Å². The molecule has 39 heavy (non-hydrogen) atoms. The summed E-state index contributed by atoms with van der Waals surface area (Å²) in [7, 11) is 0. The zero-order valence-electron chi connectivity index (χ0n) is 23.0. The molecule has 8 heteroatoms. The number of nitrogens with two attached hydrogens (primary N) is 1. The van der Waals surface area contributed by atoms with E-state index in [1.54, 1.807) is 6.08 Å². The lowest BCUT2D eigenvalue weighted by Gasteiger charge is -2.28. The molecule has 1 aromatic rings. The molecule has 0 radical (unpaired) electrons. The predicted octanol–water partition coefficient (Wildman–Crippen LogP) is 6.28. The van der Waals surface area contributed by atoms with Gasteiger partial charge in [0.05, 0.1) is 6.10 Å². The summed E-state index contributed by atoms with van der Waals surface area (Å²) >= 11 is 0. The number of rotatable bonds is 12. The minimum atomic E-state index is -3.01. The van der Waals surface area contributed by atoms with Crippen LogP contribution in [0.15, 0.2) is 72.1 Å². The summed E-state index contributed by atoms with van der Waals surface area (Å²) in [5, 5.41) is 23.5. The van der Waals surface area contributed by atoms with E-state index in [0.717, 1.165) is 49.9 Å². The fourth-order valence-corrected chi connectivity index (χ4v) is 5.04. The Hall–Kier alpha value is -2.97. The average molecular weight is 546 g/mol. The third kappa shape index (κ3) is 8.51. The second-order valence-electron chi connectivity index (χ2n) is 10.5. The SMILES string of the molecule is C=CC/C(=C\C(C)=C(/N)c1ccc(C(F)(F)CC)cc1O)NC1=CCCN(CC/C=C/C2CC(O)C(F)C2)C1. The van der Waals surface area contributed by atoms with Gasteiger partial charge in [-0.15, -0.1) is 6.58 Å². The standard InChI is InChI=1S/C31H42F3N3O2/c1-4-9-24(16-21(3)30(35)26-13-12-23(19-28(26)38)31(33,34)5-2)36-25-11-8-15-37(20-25)14-7-6-10-22-17-27(32)29(39)18-22/h4,6,10-13,16,19,22,27,29,36,38-39H,1,5,7-9,14-15,17-18,20,35H2,2-3H3/b10-6+,24-16+,30-21-. The Labute approximate surface area is 230 Å². The van der Waals surface area contributed by atoms with Gasteiger partial charge in [0.1, 0.15) is 11.9 Å². The lowest BCUT2D eigenvalue weighted by atomic mass is 10.00. The zero-order chi connectivity index (χ0) is 28.6. The molecule has 1 aliphatic carbocycles. The van der Waals surface area contributed by atoms with E-state index in [-0.39, 0.29) is 23.7 Å². The molecular formula is C31H42F3N3O2. The fraction of sp³-hybridized carbons (Fsp3) is 0.484. The minimum Gasteiger partial charge on any atom is -0.507 e. The lowest BCUT2D eigenvalue weighted by Crippen LogP contribution is -2.34. The van der Waals surface area contributed by atoms with E-state index >= 15 is 0 Å². The predicted molar refractivity (Wildman–Crippen MR) is 152 cm³/mol. The van der Waals surface area contributed by atoms with Crippen molar-refractivity contribution in [2.75, 3.05) is 19.6 Å². The van der Waals surface area contributed by atoms with Crippen molar-refractivity contribution < 1.29 is 23.4 Å². The van der Waals surface area contributed by atoms with Crippen LogP contribution in [0.3, 0.4) is 0 Å². The van der Waals surface area contributed by atoms with Gasteiger partial charge in [-0.05, 0) is 62.3 Å². The number of hydrogen-bond acceptors (Lipinski definition) is 5. The number of alkyl halides is 3. The number of aromatic hydroxyl groups is 1. The van der Waals surface area contributed by atoms with E-state index in [1.165, 1.54) is 19.1 Å². The number of nitrogens with zero attached hydrogens (tertiary/aromatic N) is 1. The quantitative estimate of drug-likeness (QED) is 0.184. The van der Waals surface area contributed by atoms with Crippen LogP contribution in [0.1, 0.15) is 63.5 Å². The topological polar surface area (TPSA) is 81.8 Å². The number of aliphatic hydroxyl groups is 1. The van der Waals surface area contributed by atoms with Crippen molar-refractivity contribution >= 4 is 5.70 Å². The molecule has 0 saturated heterocycles. The first-order chi connectivity index (χ1) is 18.5. The average Bonchev–Trinajstić information content (AvgIpc) is 3.23.